The summed E-state index contributed by atoms with van der Waals surface area (Å²) in [4.78, 5) is 2.32. The molecular weight excluding hydrogens is 234 g/mol. The van der Waals surface area contributed by atoms with E-state index in [2.05, 4.69) is 57.0 Å². The molecule has 1 N–H and O–H groups in total. The molecule has 0 bridgehead atoms. The Kier molecular flexibility index (Phi) is 4.32. The van der Waals surface area contributed by atoms with E-state index in [9.17, 15) is 5.11 Å². The fraction of sp³-hybridized carbons (Fsp3) is 0.647. The third kappa shape index (κ3) is 3.37. The van der Waals surface area contributed by atoms with Gasteiger partial charge < -0.3 is 5.11 Å². The summed E-state index contributed by atoms with van der Waals surface area (Å²) in [5.74, 6) is 0. The van der Waals surface area contributed by atoms with E-state index in [1.165, 1.54) is 17.5 Å². The highest BCUT2D eigenvalue weighted by atomic mass is 16.3. The standard InChI is InChI=1S/C17H27NO/c1-13-7-5-8-14(11-13)12-18(4)15-9-6-10-17(2,3)16(15)19/h5,7-8,11,15-16,19H,6,9-10,12H2,1-4H3. The van der Waals surface area contributed by atoms with Gasteiger partial charge in [-0.25, -0.2) is 0 Å². The predicted molar refractivity (Wildman–Crippen MR) is 80.1 cm³/mol. The Balaban J connectivity index is 2.05. The molecule has 0 amide bonds. The summed E-state index contributed by atoms with van der Waals surface area (Å²) >= 11 is 0. The second kappa shape index (κ2) is 5.64. The van der Waals surface area contributed by atoms with Crippen molar-refractivity contribution in [1.82, 2.24) is 4.90 Å². The van der Waals surface area contributed by atoms with Crippen molar-refractivity contribution >= 4 is 0 Å². The third-order valence-electron chi connectivity index (χ3n) is 4.57. The van der Waals surface area contributed by atoms with E-state index in [0.717, 1.165) is 19.4 Å². The third-order valence-corrected chi connectivity index (χ3v) is 4.57. The maximum Gasteiger partial charge on any atom is 0.0746 e. The van der Waals surface area contributed by atoms with Crippen molar-refractivity contribution < 1.29 is 5.11 Å². The van der Waals surface area contributed by atoms with Crippen molar-refractivity contribution in [3.05, 3.63) is 35.4 Å². The fourth-order valence-corrected chi connectivity index (χ4v) is 3.27. The smallest absolute Gasteiger partial charge is 0.0746 e. The topological polar surface area (TPSA) is 23.5 Å². The molecular formula is C17H27NO. The van der Waals surface area contributed by atoms with Crippen molar-refractivity contribution in [2.24, 2.45) is 5.41 Å². The Morgan fingerprint density at radius 1 is 1.37 bits per heavy atom. The molecule has 1 aliphatic carbocycles. The largest absolute Gasteiger partial charge is 0.391 e. The van der Waals surface area contributed by atoms with E-state index in [1.54, 1.807) is 0 Å². The first-order valence-electron chi connectivity index (χ1n) is 7.34. The van der Waals surface area contributed by atoms with Crippen LogP contribution < -0.4 is 0 Å². The number of hydrogen-bond donors (Lipinski definition) is 1. The van der Waals surface area contributed by atoms with Gasteiger partial charge >= 0.3 is 0 Å². The average Bonchev–Trinajstić information content (AvgIpc) is 2.32. The molecule has 2 heteroatoms. The van der Waals surface area contributed by atoms with Crippen molar-refractivity contribution in [2.75, 3.05) is 7.05 Å². The molecule has 0 spiro atoms. The SMILES string of the molecule is Cc1cccc(CN(C)C2CCCC(C)(C)C2O)c1. The predicted octanol–water partition coefficient (Wildman–Crippen LogP) is 3.37. The molecule has 106 valence electrons. The summed E-state index contributed by atoms with van der Waals surface area (Å²) in [5.41, 5.74) is 2.68. The van der Waals surface area contributed by atoms with Gasteiger partial charge in [-0.1, -0.05) is 50.1 Å². The lowest BCUT2D eigenvalue weighted by Gasteiger charge is -2.44. The van der Waals surface area contributed by atoms with Crippen molar-refractivity contribution in [2.45, 2.75) is 58.7 Å². The average molecular weight is 261 g/mol. The van der Waals surface area contributed by atoms with Gasteiger partial charge in [-0.05, 0) is 37.8 Å². The van der Waals surface area contributed by atoms with Crippen molar-refractivity contribution in [3.8, 4) is 0 Å². The summed E-state index contributed by atoms with van der Waals surface area (Å²) in [6, 6.07) is 8.92. The lowest BCUT2D eigenvalue weighted by atomic mass is 9.72. The van der Waals surface area contributed by atoms with Crippen LogP contribution in [0, 0.1) is 12.3 Å². The van der Waals surface area contributed by atoms with Gasteiger partial charge in [0, 0.05) is 12.6 Å². The molecule has 1 aromatic rings. The first-order valence-corrected chi connectivity index (χ1v) is 7.34. The van der Waals surface area contributed by atoms with Gasteiger partial charge in [0.1, 0.15) is 0 Å². The zero-order chi connectivity index (χ0) is 14.0. The highest BCUT2D eigenvalue weighted by molar-refractivity contribution is 5.22. The van der Waals surface area contributed by atoms with Gasteiger partial charge in [0.15, 0.2) is 0 Å². The van der Waals surface area contributed by atoms with Gasteiger partial charge in [0.05, 0.1) is 6.10 Å². The molecule has 19 heavy (non-hydrogen) atoms. The number of likely N-dealkylation sites (N-methyl/N-ethyl adjacent to an activating group) is 1. The monoisotopic (exact) mass is 261 g/mol. The van der Waals surface area contributed by atoms with E-state index in [0.29, 0.717) is 0 Å². The molecule has 2 nitrogen and oxygen atoms in total. The van der Waals surface area contributed by atoms with Crippen LogP contribution in [0.5, 0.6) is 0 Å². The molecule has 0 aliphatic heterocycles. The number of aliphatic hydroxyl groups is 1. The minimum Gasteiger partial charge on any atom is -0.391 e. The fourth-order valence-electron chi connectivity index (χ4n) is 3.27. The highest BCUT2D eigenvalue weighted by Crippen LogP contribution is 2.37. The number of nitrogens with zero attached hydrogens (tertiary/aromatic N) is 1. The molecule has 0 radical (unpaired) electrons. The van der Waals surface area contributed by atoms with Crippen molar-refractivity contribution in [3.63, 3.8) is 0 Å². The Bertz CT molecular complexity index is 427. The van der Waals surface area contributed by atoms with Crippen LogP contribution in [-0.4, -0.2) is 29.2 Å². The second-order valence-corrected chi connectivity index (χ2v) is 6.80. The number of hydrogen-bond acceptors (Lipinski definition) is 2. The Hall–Kier alpha value is -0.860. The van der Waals surface area contributed by atoms with Gasteiger partial charge in [-0.2, -0.15) is 0 Å². The molecule has 1 aromatic carbocycles. The molecule has 2 rings (SSSR count). The molecule has 1 aliphatic rings. The van der Waals surface area contributed by atoms with Gasteiger partial charge in [-0.15, -0.1) is 0 Å². The van der Waals surface area contributed by atoms with Crippen LogP contribution >= 0.6 is 0 Å². The van der Waals surface area contributed by atoms with E-state index in [1.807, 2.05) is 0 Å². The summed E-state index contributed by atoms with van der Waals surface area (Å²) in [6.07, 6.45) is 3.22. The Labute approximate surface area is 117 Å². The van der Waals surface area contributed by atoms with E-state index in [-0.39, 0.29) is 17.6 Å². The first-order chi connectivity index (χ1) is 8.90. The molecule has 0 heterocycles. The summed E-state index contributed by atoms with van der Waals surface area (Å²) < 4.78 is 0. The van der Waals surface area contributed by atoms with E-state index < -0.39 is 0 Å². The lowest BCUT2D eigenvalue weighted by Crippen LogP contribution is -2.50. The number of aryl methyl sites for hydroxylation is 1. The molecule has 0 saturated heterocycles. The highest BCUT2D eigenvalue weighted by Gasteiger charge is 2.39. The van der Waals surface area contributed by atoms with Crippen LogP contribution in [0.2, 0.25) is 0 Å². The summed E-state index contributed by atoms with van der Waals surface area (Å²) in [7, 11) is 2.14. The zero-order valence-electron chi connectivity index (χ0n) is 12.7. The summed E-state index contributed by atoms with van der Waals surface area (Å²) in [6.45, 7) is 7.41. The molecule has 2 atom stereocenters. The summed E-state index contributed by atoms with van der Waals surface area (Å²) in [5, 5.41) is 10.6. The van der Waals surface area contributed by atoms with Crippen molar-refractivity contribution in [1.29, 1.82) is 0 Å². The second-order valence-electron chi connectivity index (χ2n) is 6.80. The molecule has 0 aromatic heterocycles. The van der Waals surface area contributed by atoms with Crippen LogP contribution in [0.15, 0.2) is 24.3 Å². The van der Waals surface area contributed by atoms with Gasteiger partial charge in [-0.3, -0.25) is 4.90 Å². The lowest BCUT2D eigenvalue weighted by molar-refractivity contribution is -0.0524. The van der Waals surface area contributed by atoms with E-state index in [4.69, 9.17) is 0 Å². The zero-order valence-corrected chi connectivity index (χ0v) is 12.7. The van der Waals surface area contributed by atoms with Crippen LogP contribution in [-0.2, 0) is 6.54 Å². The maximum atomic E-state index is 10.6. The van der Waals surface area contributed by atoms with Gasteiger partial charge in [0.2, 0.25) is 0 Å². The van der Waals surface area contributed by atoms with Gasteiger partial charge in [0.25, 0.3) is 0 Å². The molecule has 2 unspecified atom stereocenters. The van der Waals surface area contributed by atoms with Crippen LogP contribution in [0.3, 0.4) is 0 Å². The van der Waals surface area contributed by atoms with E-state index >= 15 is 0 Å². The molecule has 1 fully saturated rings. The minimum absolute atomic E-state index is 0.0454. The molecule has 1 saturated carbocycles. The Morgan fingerprint density at radius 3 is 2.79 bits per heavy atom. The first kappa shape index (κ1) is 14.5. The number of rotatable bonds is 3. The van der Waals surface area contributed by atoms with Crippen LogP contribution in [0.1, 0.15) is 44.2 Å². The van der Waals surface area contributed by atoms with Crippen LogP contribution in [0.4, 0.5) is 0 Å². The quantitative estimate of drug-likeness (QED) is 0.902. The maximum absolute atomic E-state index is 10.6. The normalized spacial score (nSPS) is 26.6. The number of aliphatic hydroxyl groups excluding tert-OH is 1. The number of benzene rings is 1. The Morgan fingerprint density at radius 2 is 2.11 bits per heavy atom. The minimum atomic E-state index is -0.226. The van der Waals surface area contributed by atoms with Crippen LogP contribution in [0.25, 0.3) is 0 Å².